The first-order valence-electron chi connectivity index (χ1n) is 7.67. The van der Waals surface area contributed by atoms with Gasteiger partial charge in [-0.1, -0.05) is 31.9 Å². The van der Waals surface area contributed by atoms with Crippen LogP contribution in [0.25, 0.3) is 0 Å². The zero-order valence-electron chi connectivity index (χ0n) is 12.3. The lowest BCUT2D eigenvalue weighted by molar-refractivity contribution is 0.255. The Labute approximate surface area is 117 Å². The Balaban J connectivity index is 2.10. The standard InChI is InChI=1S/C17H27NO/c1-3-19-16-6-4-5-15(11-16)17(12-18)14-9-7-13(2)8-10-14/h4-6,11,13-14,17H,3,7-10,12,18H2,1-2H3. The summed E-state index contributed by atoms with van der Waals surface area (Å²) in [6.07, 6.45) is 5.35. The Morgan fingerprint density at radius 3 is 2.63 bits per heavy atom. The fraction of sp³-hybridized carbons (Fsp3) is 0.647. The van der Waals surface area contributed by atoms with Crippen molar-refractivity contribution in [2.75, 3.05) is 13.2 Å². The average molecular weight is 261 g/mol. The van der Waals surface area contributed by atoms with Crippen molar-refractivity contribution in [3.63, 3.8) is 0 Å². The summed E-state index contributed by atoms with van der Waals surface area (Å²) >= 11 is 0. The van der Waals surface area contributed by atoms with Crippen LogP contribution in [0.1, 0.15) is 51.0 Å². The minimum Gasteiger partial charge on any atom is -0.494 e. The SMILES string of the molecule is CCOc1cccc(C(CN)C2CCC(C)CC2)c1. The fourth-order valence-corrected chi connectivity index (χ4v) is 3.29. The molecule has 0 spiro atoms. The van der Waals surface area contributed by atoms with Gasteiger partial charge in [-0.25, -0.2) is 0 Å². The van der Waals surface area contributed by atoms with E-state index in [-0.39, 0.29) is 0 Å². The van der Waals surface area contributed by atoms with Gasteiger partial charge < -0.3 is 10.5 Å². The van der Waals surface area contributed by atoms with E-state index in [1.807, 2.05) is 13.0 Å². The van der Waals surface area contributed by atoms with Gasteiger partial charge in [-0.15, -0.1) is 0 Å². The summed E-state index contributed by atoms with van der Waals surface area (Å²) in [7, 11) is 0. The topological polar surface area (TPSA) is 35.2 Å². The first-order chi connectivity index (χ1) is 9.24. The van der Waals surface area contributed by atoms with Crippen molar-refractivity contribution in [3.05, 3.63) is 29.8 Å². The summed E-state index contributed by atoms with van der Waals surface area (Å²) in [6.45, 7) is 5.85. The molecule has 1 aliphatic carbocycles. The Bertz CT molecular complexity index is 383. The minimum absolute atomic E-state index is 0.493. The van der Waals surface area contributed by atoms with Gasteiger partial charge in [0.1, 0.15) is 5.75 Å². The minimum atomic E-state index is 0.493. The highest BCUT2D eigenvalue weighted by molar-refractivity contribution is 5.31. The molecule has 0 aliphatic heterocycles. The predicted octanol–water partition coefficient (Wildman–Crippen LogP) is 3.95. The molecule has 0 heterocycles. The Hall–Kier alpha value is -1.02. The molecular weight excluding hydrogens is 234 g/mol. The van der Waals surface area contributed by atoms with Crippen molar-refractivity contribution in [3.8, 4) is 5.75 Å². The smallest absolute Gasteiger partial charge is 0.119 e. The lowest BCUT2D eigenvalue weighted by Crippen LogP contribution is -2.25. The maximum Gasteiger partial charge on any atom is 0.119 e. The number of hydrogen-bond acceptors (Lipinski definition) is 2. The summed E-state index contributed by atoms with van der Waals surface area (Å²) in [5.41, 5.74) is 7.41. The molecule has 1 aliphatic rings. The van der Waals surface area contributed by atoms with Gasteiger partial charge in [-0.2, -0.15) is 0 Å². The van der Waals surface area contributed by atoms with E-state index in [1.54, 1.807) is 0 Å². The molecule has 0 bridgehead atoms. The van der Waals surface area contributed by atoms with Crippen LogP contribution in [-0.2, 0) is 0 Å². The summed E-state index contributed by atoms with van der Waals surface area (Å²) in [6, 6.07) is 8.51. The molecule has 1 unspecified atom stereocenters. The van der Waals surface area contributed by atoms with Crippen LogP contribution >= 0.6 is 0 Å². The van der Waals surface area contributed by atoms with Crippen molar-refractivity contribution >= 4 is 0 Å². The molecule has 1 aromatic rings. The van der Waals surface area contributed by atoms with Crippen molar-refractivity contribution < 1.29 is 4.74 Å². The molecule has 1 saturated carbocycles. The van der Waals surface area contributed by atoms with E-state index in [1.165, 1.54) is 31.2 Å². The highest BCUT2D eigenvalue weighted by atomic mass is 16.5. The summed E-state index contributed by atoms with van der Waals surface area (Å²) in [5.74, 6) is 3.11. The monoisotopic (exact) mass is 261 g/mol. The van der Waals surface area contributed by atoms with E-state index in [4.69, 9.17) is 10.5 Å². The van der Waals surface area contributed by atoms with Gasteiger partial charge in [0.15, 0.2) is 0 Å². The number of rotatable bonds is 5. The van der Waals surface area contributed by atoms with Gasteiger partial charge in [0, 0.05) is 0 Å². The van der Waals surface area contributed by atoms with Crippen LogP contribution < -0.4 is 10.5 Å². The molecule has 106 valence electrons. The van der Waals surface area contributed by atoms with Crippen LogP contribution in [0, 0.1) is 11.8 Å². The second-order valence-corrected chi connectivity index (χ2v) is 5.87. The van der Waals surface area contributed by atoms with Gasteiger partial charge in [-0.05, 0) is 61.8 Å². The molecule has 2 N–H and O–H groups in total. The maximum atomic E-state index is 6.05. The number of benzene rings is 1. The fourth-order valence-electron chi connectivity index (χ4n) is 3.29. The molecule has 1 fully saturated rings. The number of ether oxygens (including phenoxy) is 1. The van der Waals surface area contributed by atoms with Crippen molar-refractivity contribution in [1.82, 2.24) is 0 Å². The van der Waals surface area contributed by atoms with Crippen molar-refractivity contribution in [2.24, 2.45) is 17.6 Å². The van der Waals surface area contributed by atoms with Crippen LogP contribution in [0.15, 0.2) is 24.3 Å². The molecule has 0 saturated heterocycles. The lowest BCUT2D eigenvalue weighted by atomic mass is 9.74. The van der Waals surface area contributed by atoms with Crippen LogP contribution in [0.3, 0.4) is 0 Å². The third kappa shape index (κ3) is 3.73. The van der Waals surface area contributed by atoms with Crippen LogP contribution in [0.4, 0.5) is 0 Å². The normalized spacial score (nSPS) is 25.0. The van der Waals surface area contributed by atoms with E-state index in [0.29, 0.717) is 5.92 Å². The molecule has 0 aromatic heterocycles. The van der Waals surface area contributed by atoms with Gasteiger partial charge in [-0.3, -0.25) is 0 Å². The highest BCUT2D eigenvalue weighted by Gasteiger charge is 2.26. The largest absolute Gasteiger partial charge is 0.494 e. The van der Waals surface area contributed by atoms with Gasteiger partial charge in [0.25, 0.3) is 0 Å². The molecule has 2 nitrogen and oxygen atoms in total. The third-order valence-corrected chi connectivity index (χ3v) is 4.48. The molecule has 0 amide bonds. The first kappa shape index (κ1) is 14.4. The second kappa shape index (κ2) is 6.95. The summed E-state index contributed by atoms with van der Waals surface area (Å²) in [5, 5.41) is 0. The lowest BCUT2D eigenvalue weighted by Gasteiger charge is -2.32. The average Bonchev–Trinajstić information content (AvgIpc) is 2.43. The van der Waals surface area contributed by atoms with Gasteiger partial charge in [0.2, 0.25) is 0 Å². The second-order valence-electron chi connectivity index (χ2n) is 5.87. The van der Waals surface area contributed by atoms with Crippen LogP contribution in [0.2, 0.25) is 0 Å². The van der Waals surface area contributed by atoms with Crippen molar-refractivity contribution in [2.45, 2.75) is 45.4 Å². The van der Waals surface area contributed by atoms with E-state index >= 15 is 0 Å². The molecule has 1 atom stereocenters. The predicted molar refractivity (Wildman–Crippen MR) is 80.5 cm³/mol. The zero-order chi connectivity index (χ0) is 13.7. The molecule has 2 rings (SSSR count). The zero-order valence-corrected chi connectivity index (χ0v) is 12.3. The molecule has 1 aromatic carbocycles. The van der Waals surface area contributed by atoms with Crippen molar-refractivity contribution in [1.29, 1.82) is 0 Å². The highest BCUT2D eigenvalue weighted by Crippen LogP contribution is 2.38. The molecule has 19 heavy (non-hydrogen) atoms. The van der Waals surface area contributed by atoms with Crippen LogP contribution in [0.5, 0.6) is 5.75 Å². The Morgan fingerprint density at radius 2 is 2.00 bits per heavy atom. The van der Waals surface area contributed by atoms with Gasteiger partial charge >= 0.3 is 0 Å². The van der Waals surface area contributed by atoms with E-state index < -0.39 is 0 Å². The Kier molecular flexibility index (Phi) is 5.26. The van der Waals surface area contributed by atoms with E-state index in [9.17, 15) is 0 Å². The van der Waals surface area contributed by atoms with E-state index in [0.717, 1.165) is 30.7 Å². The van der Waals surface area contributed by atoms with Gasteiger partial charge in [0.05, 0.1) is 6.61 Å². The maximum absolute atomic E-state index is 6.05. The summed E-state index contributed by atoms with van der Waals surface area (Å²) in [4.78, 5) is 0. The third-order valence-electron chi connectivity index (χ3n) is 4.48. The van der Waals surface area contributed by atoms with Crippen LogP contribution in [-0.4, -0.2) is 13.2 Å². The number of nitrogens with two attached hydrogens (primary N) is 1. The quantitative estimate of drug-likeness (QED) is 0.871. The Morgan fingerprint density at radius 1 is 1.26 bits per heavy atom. The summed E-state index contributed by atoms with van der Waals surface area (Å²) < 4.78 is 5.60. The van der Waals surface area contributed by atoms with E-state index in [2.05, 4.69) is 25.1 Å². The molecular formula is C17H27NO. The molecule has 2 heteroatoms. The first-order valence-corrected chi connectivity index (χ1v) is 7.67. The number of hydrogen-bond donors (Lipinski definition) is 1. The molecule has 0 radical (unpaired) electrons.